The summed E-state index contributed by atoms with van der Waals surface area (Å²) in [6.45, 7) is 5.49. The van der Waals surface area contributed by atoms with Gasteiger partial charge in [0.1, 0.15) is 5.60 Å². The summed E-state index contributed by atoms with van der Waals surface area (Å²) in [7, 11) is 3.14. The molecule has 1 aromatic carbocycles. The van der Waals surface area contributed by atoms with Crippen LogP contribution in [0.2, 0.25) is 0 Å². The highest BCUT2D eigenvalue weighted by atomic mass is 79.9. The zero-order valence-corrected chi connectivity index (χ0v) is 17.3. The molecule has 0 atom stereocenters. The average molecular weight is 461 g/mol. The van der Waals surface area contributed by atoms with Gasteiger partial charge in [-0.25, -0.2) is 4.79 Å². The van der Waals surface area contributed by atoms with Crippen molar-refractivity contribution < 1.29 is 19.0 Å². The smallest absolute Gasteiger partial charge is 0.419 e. The Balaban J connectivity index is 2.56. The standard InChI is InChI=1S/C17H19Br2NO4/c1-17(2,3)24-16(21)20-9-10(18)8-12(20)11-6-7-13(22-4)15(23-5)14(11)19/h6-9H,1-5H3. The Labute approximate surface area is 158 Å². The first kappa shape index (κ1) is 18.9. The molecule has 1 aromatic heterocycles. The van der Waals surface area contributed by atoms with Gasteiger partial charge in [0, 0.05) is 16.2 Å². The number of aromatic nitrogens is 1. The molecule has 2 rings (SSSR count). The Morgan fingerprint density at radius 2 is 1.79 bits per heavy atom. The van der Waals surface area contributed by atoms with Crippen molar-refractivity contribution in [3.8, 4) is 22.8 Å². The molecule has 0 unspecified atom stereocenters. The molecule has 0 saturated heterocycles. The lowest BCUT2D eigenvalue weighted by atomic mass is 10.1. The molecule has 5 nitrogen and oxygen atoms in total. The van der Waals surface area contributed by atoms with Crippen LogP contribution in [0.15, 0.2) is 33.3 Å². The number of methoxy groups -OCH3 is 2. The SMILES string of the molecule is COc1ccc(-c2cc(Br)cn2C(=O)OC(C)(C)C)c(Br)c1OC. The molecule has 0 fully saturated rings. The van der Waals surface area contributed by atoms with Crippen LogP contribution in [0.3, 0.4) is 0 Å². The fourth-order valence-electron chi connectivity index (χ4n) is 2.19. The van der Waals surface area contributed by atoms with Crippen molar-refractivity contribution in [2.24, 2.45) is 0 Å². The molecule has 0 radical (unpaired) electrons. The van der Waals surface area contributed by atoms with Gasteiger partial charge in [0.15, 0.2) is 11.5 Å². The minimum absolute atomic E-state index is 0.454. The molecule has 0 saturated carbocycles. The molecule has 0 spiro atoms. The van der Waals surface area contributed by atoms with E-state index in [9.17, 15) is 4.79 Å². The number of nitrogens with zero attached hydrogens (tertiary/aromatic N) is 1. The van der Waals surface area contributed by atoms with Gasteiger partial charge < -0.3 is 14.2 Å². The molecule has 7 heteroatoms. The predicted molar refractivity (Wildman–Crippen MR) is 100 cm³/mol. The lowest BCUT2D eigenvalue weighted by Gasteiger charge is -2.21. The van der Waals surface area contributed by atoms with E-state index in [1.807, 2.05) is 32.9 Å². The van der Waals surface area contributed by atoms with Crippen molar-refractivity contribution in [3.05, 3.63) is 33.3 Å². The molecule has 0 aliphatic heterocycles. The summed E-state index contributed by atoms with van der Waals surface area (Å²) >= 11 is 6.95. The Morgan fingerprint density at radius 3 is 2.33 bits per heavy atom. The summed E-state index contributed by atoms with van der Waals surface area (Å²) in [5, 5.41) is 0. The van der Waals surface area contributed by atoms with Gasteiger partial charge in [-0.3, -0.25) is 4.57 Å². The maximum atomic E-state index is 12.5. The molecule has 0 aliphatic rings. The van der Waals surface area contributed by atoms with Crippen molar-refractivity contribution in [1.29, 1.82) is 0 Å². The number of hydrogen-bond acceptors (Lipinski definition) is 4. The summed E-state index contributed by atoms with van der Waals surface area (Å²) in [5.74, 6) is 1.16. The summed E-state index contributed by atoms with van der Waals surface area (Å²) in [6, 6.07) is 5.49. The fourth-order valence-corrected chi connectivity index (χ4v) is 3.30. The minimum atomic E-state index is -0.583. The molecule has 0 N–H and O–H groups in total. The number of rotatable bonds is 3. The quantitative estimate of drug-likeness (QED) is 0.608. The highest BCUT2D eigenvalue weighted by molar-refractivity contribution is 9.11. The second kappa shape index (κ2) is 7.19. The second-order valence-corrected chi connectivity index (χ2v) is 7.77. The Bertz CT molecular complexity index is 763. The maximum absolute atomic E-state index is 12.5. The van der Waals surface area contributed by atoms with Crippen LogP contribution >= 0.6 is 31.9 Å². The monoisotopic (exact) mass is 459 g/mol. The van der Waals surface area contributed by atoms with Crippen LogP contribution < -0.4 is 9.47 Å². The minimum Gasteiger partial charge on any atom is -0.493 e. The summed E-state index contributed by atoms with van der Waals surface area (Å²) in [6.07, 6.45) is 1.22. The average Bonchev–Trinajstić information content (AvgIpc) is 2.87. The van der Waals surface area contributed by atoms with Crippen LogP contribution in [0.5, 0.6) is 11.5 Å². The van der Waals surface area contributed by atoms with Crippen LogP contribution in [0, 0.1) is 0 Å². The van der Waals surface area contributed by atoms with Gasteiger partial charge in [-0.2, -0.15) is 0 Å². The third kappa shape index (κ3) is 3.95. The molecule has 24 heavy (non-hydrogen) atoms. The Kier molecular flexibility index (Phi) is 5.65. The Hall–Kier alpha value is -1.47. The normalized spacial score (nSPS) is 11.3. The van der Waals surface area contributed by atoms with Gasteiger partial charge in [-0.05, 0) is 70.8 Å². The molecule has 130 valence electrons. The fraction of sp³-hybridized carbons (Fsp3) is 0.353. The van der Waals surface area contributed by atoms with E-state index in [2.05, 4.69) is 31.9 Å². The summed E-state index contributed by atoms with van der Waals surface area (Å²) < 4.78 is 19.1. The first-order chi connectivity index (χ1) is 11.2. The highest BCUT2D eigenvalue weighted by Crippen LogP contribution is 2.42. The van der Waals surface area contributed by atoms with Gasteiger partial charge >= 0.3 is 6.09 Å². The third-order valence-electron chi connectivity index (χ3n) is 3.14. The first-order valence-electron chi connectivity index (χ1n) is 7.20. The van der Waals surface area contributed by atoms with E-state index in [0.29, 0.717) is 21.7 Å². The van der Waals surface area contributed by atoms with E-state index in [1.54, 1.807) is 26.5 Å². The second-order valence-electron chi connectivity index (χ2n) is 6.06. The van der Waals surface area contributed by atoms with E-state index >= 15 is 0 Å². The summed E-state index contributed by atoms with van der Waals surface area (Å²) in [5.41, 5.74) is 0.869. The largest absolute Gasteiger partial charge is 0.493 e. The van der Waals surface area contributed by atoms with Crippen LogP contribution in [0.4, 0.5) is 4.79 Å². The molecular weight excluding hydrogens is 442 g/mol. The highest BCUT2D eigenvalue weighted by Gasteiger charge is 2.23. The van der Waals surface area contributed by atoms with Crippen molar-refractivity contribution in [3.63, 3.8) is 0 Å². The molecule has 0 aliphatic carbocycles. The van der Waals surface area contributed by atoms with Crippen molar-refractivity contribution >= 4 is 38.0 Å². The zero-order chi connectivity index (χ0) is 18.1. The van der Waals surface area contributed by atoms with Gasteiger partial charge in [0.05, 0.1) is 24.4 Å². The van der Waals surface area contributed by atoms with Crippen LogP contribution in [0.25, 0.3) is 11.3 Å². The van der Waals surface area contributed by atoms with Crippen molar-refractivity contribution in [2.45, 2.75) is 26.4 Å². The van der Waals surface area contributed by atoms with Gasteiger partial charge in [0.2, 0.25) is 0 Å². The number of ether oxygens (including phenoxy) is 3. The lowest BCUT2D eigenvalue weighted by Crippen LogP contribution is -2.27. The predicted octanol–water partition coefficient (Wildman–Crippen LogP) is 5.48. The molecule has 1 heterocycles. The van der Waals surface area contributed by atoms with E-state index in [0.717, 1.165) is 10.0 Å². The van der Waals surface area contributed by atoms with Gasteiger partial charge in [-0.1, -0.05) is 0 Å². The lowest BCUT2D eigenvalue weighted by molar-refractivity contribution is 0.0540. The number of carbonyl (C=O) groups is 1. The third-order valence-corrected chi connectivity index (χ3v) is 4.36. The van der Waals surface area contributed by atoms with E-state index in [4.69, 9.17) is 14.2 Å². The van der Waals surface area contributed by atoms with Crippen LogP contribution in [-0.2, 0) is 4.74 Å². The number of halogens is 2. The number of hydrogen-bond donors (Lipinski definition) is 0. The molecule has 0 amide bonds. The van der Waals surface area contributed by atoms with E-state index in [1.165, 1.54) is 4.57 Å². The van der Waals surface area contributed by atoms with E-state index < -0.39 is 11.7 Å². The van der Waals surface area contributed by atoms with Crippen LogP contribution in [-0.4, -0.2) is 30.5 Å². The van der Waals surface area contributed by atoms with Crippen molar-refractivity contribution in [2.75, 3.05) is 14.2 Å². The molecule has 0 bridgehead atoms. The number of benzene rings is 1. The van der Waals surface area contributed by atoms with Gasteiger partial charge in [0.25, 0.3) is 0 Å². The molecule has 2 aromatic rings. The Morgan fingerprint density at radius 1 is 1.12 bits per heavy atom. The maximum Gasteiger partial charge on any atom is 0.419 e. The summed E-state index contributed by atoms with van der Waals surface area (Å²) in [4.78, 5) is 12.5. The molecular formula is C17H19Br2NO4. The topological polar surface area (TPSA) is 49.7 Å². The first-order valence-corrected chi connectivity index (χ1v) is 8.78. The zero-order valence-electron chi connectivity index (χ0n) is 14.1. The van der Waals surface area contributed by atoms with Crippen molar-refractivity contribution in [1.82, 2.24) is 4.57 Å². The van der Waals surface area contributed by atoms with E-state index in [-0.39, 0.29) is 0 Å². The van der Waals surface area contributed by atoms with Gasteiger partial charge in [-0.15, -0.1) is 0 Å². The number of carbonyl (C=O) groups excluding carboxylic acids is 1. The van der Waals surface area contributed by atoms with Crippen LogP contribution in [0.1, 0.15) is 20.8 Å².